The van der Waals surface area contributed by atoms with Crippen molar-refractivity contribution in [2.75, 3.05) is 0 Å². The lowest BCUT2D eigenvalue weighted by molar-refractivity contribution is 1.18. The van der Waals surface area contributed by atoms with Crippen molar-refractivity contribution in [3.05, 3.63) is 126 Å². The normalized spacial score (nSPS) is 13.2. The fraction of sp³-hybridized carbons (Fsp3) is 0.0690. The van der Waals surface area contributed by atoms with Gasteiger partial charge in [-0.15, -0.1) is 0 Å². The van der Waals surface area contributed by atoms with E-state index in [-0.39, 0.29) is 5.70 Å². The number of para-hydroxylation sites is 2. The Morgan fingerprint density at radius 2 is 1.67 bits per heavy atom. The fourth-order valence-corrected chi connectivity index (χ4v) is 4.01. The molecule has 4 nitrogen and oxygen atoms in total. The van der Waals surface area contributed by atoms with Crippen molar-refractivity contribution in [3.8, 4) is 11.8 Å². The summed E-state index contributed by atoms with van der Waals surface area (Å²) < 4.78 is 2.31. The van der Waals surface area contributed by atoms with Gasteiger partial charge in [-0.3, -0.25) is 0 Å². The summed E-state index contributed by atoms with van der Waals surface area (Å²) in [5.74, 6) is 0. The molecule has 0 saturated carbocycles. The third kappa shape index (κ3) is 4.58. The van der Waals surface area contributed by atoms with E-state index >= 15 is 0 Å². The monoisotopic (exact) mass is 430 g/mol. The molecule has 0 bridgehead atoms. The topological polar surface area (TPSA) is 80.8 Å². The van der Waals surface area contributed by atoms with Crippen LogP contribution in [0.25, 0.3) is 27.5 Å². The second-order valence-electron chi connectivity index (χ2n) is 7.75. The summed E-state index contributed by atoms with van der Waals surface area (Å²) in [6, 6.07) is 27.5. The molecular weight excluding hydrogens is 404 g/mol. The lowest BCUT2D eigenvalue weighted by atomic mass is 10.1. The molecule has 0 atom stereocenters. The molecule has 4 heteroatoms. The Labute approximate surface area is 194 Å². The number of fused-ring (bicyclic) bond motifs is 3. The quantitative estimate of drug-likeness (QED) is 0.289. The Kier molecular flexibility index (Phi) is 6.43. The summed E-state index contributed by atoms with van der Waals surface area (Å²) in [5.41, 5.74) is 17.9. The number of benzene rings is 3. The zero-order valence-corrected chi connectivity index (χ0v) is 18.6. The smallest absolute Gasteiger partial charge is 0.117 e. The molecule has 0 aliphatic carbocycles. The predicted octanol–water partition coefficient (Wildman–Crippen LogP) is 6.04. The van der Waals surface area contributed by atoms with Gasteiger partial charge in [0.25, 0.3) is 0 Å². The molecule has 1 aromatic heterocycles. The van der Waals surface area contributed by atoms with E-state index in [0.29, 0.717) is 5.70 Å². The van der Waals surface area contributed by atoms with Crippen molar-refractivity contribution >= 4 is 21.8 Å². The van der Waals surface area contributed by atoms with Gasteiger partial charge in [-0.2, -0.15) is 5.26 Å². The molecule has 3 aromatic carbocycles. The van der Waals surface area contributed by atoms with Crippen LogP contribution in [-0.2, 0) is 6.42 Å². The highest BCUT2D eigenvalue weighted by molar-refractivity contribution is 6.09. The van der Waals surface area contributed by atoms with Gasteiger partial charge in [-0.05, 0) is 67.0 Å². The van der Waals surface area contributed by atoms with Gasteiger partial charge in [0.05, 0.1) is 11.0 Å². The molecule has 4 rings (SSSR count). The number of hydrogen-bond donors (Lipinski definition) is 2. The third-order valence-corrected chi connectivity index (χ3v) is 5.60. The zero-order chi connectivity index (χ0) is 23.2. The van der Waals surface area contributed by atoms with Crippen molar-refractivity contribution in [2.24, 2.45) is 11.5 Å². The first-order chi connectivity index (χ1) is 16.1. The van der Waals surface area contributed by atoms with Crippen LogP contribution in [0.4, 0.5) is 0 Å². The SMILES string of the molecule is C/C=C(\C=C(/N)C#N)C(/N)=C/C=C\Cc1ccc2c(c1)c1ccccc1n2-c1ccccc1. The Morgan fingerprint density at radius 3 is 2.42 bits per heavy atom. The highest BCUT2D eigenvalue weighted by atomic mass is 15.0. The van der Waals surface area contributed by atoms with Gasteiger partial charge in [0.1, 0.15) is 11.8 Å². The standard InChI is InChI=1S/C29H26N4/c1-2-22(19-23(31)20-30)27(32)14-8-6-10-21-16-17-29-26(18-21)25-13-7-9-15-28(25)33(29)24-11-4-3-5-12-24/h2-9,11-19H,10,31-32H2,1H3/b8-6-,22-2+,23-19-,27-14-. The van der Waals surface area contributed by atoms with E-state index in [1.165, 1.54) is 27.4 Å². The van der Waals surface area contributed by atoms with E-state index in [1.807, 2.05) is 37.3 Å². The van der Waals surface area contributed by atoms with Crippen LogP contribution in [0.2, 0.25) is 0 Å². The van der Waals surface area contributed by atoms with Crippen LogP contribution in [0.15, 0.2) is 120 Å². The lowest BCUT2D eigenvalue weighted by Crippen LogP contribution is -2.02. The zero-order valence-electron chi connectivity index (χ0n) is 18.6. The number of rotatable bonds is 6. The van der Waals surface area contributed by atoms with Gasteiger partial charge in [0, 0.05) is 22.2 Å². The Hall–Kier alpha value is -4.49. The van der Waals surface area contributed by atoms with E-state index in [0.717, 1.165) is 17.7 Å². The molecule has 33 heavy (non-hydrogen) atoms. The molecule has 0 saturated heterocycles. The van der Waals surface area contributed by atoms with E-state index in [4.69, 9.17) is 16.7 Å². The first-order valence-electron chi connectivity index (χ1n) is 10.9. The number of hydrogen-bond acceptors (Lipinski definition) is 3. The minimum atomic E-state index is 0.131. The summed E-state index contributed by atoms with van der Waals surface area (Å²) in [6.07, 6.45) is 10.0. The van der Waals surface area contributed by atoms with Gasteiger partial charge >= 0.3 is 0 Å². The van der Waals surface area contributed by atoms with Crippen molar-refractivity contribution < 1.29 is 0 Å². The molecule has 1 heterocycles. The molecule has 0 fully saturated rings. The van der Waals surface area contributed by atoms with Gasteiger partial charge in [-0.1, -0.05) is 60.7 Å². The van der Waals surface area contributed by atoms with Crippen molar-refractivity contribution in [1.82, 2.24) is 4.57 Å². The molecule has 4 aromatic rings. The van der Waals surface area contributed by atoms with Gasteiger partial charge in [0.2, 0.25) is 0 Å². The number of nitrogens with zero attached hydrogens (tertiary/aromatic N) is 2. The summed E-state index contributed by atoms with van der Waals surface area (Å²) >= 11 is 0. The maximum absolute atomic E-state index is 8.86. The second-order valence-corrected chi connectivity index (χ2v) is 7.75. The number of nitriles is 1. The highest BCUT2D eigenvalue weighted by Crippen LogP contribution is 2.32. The summed E-state index contributed by atoms with van der Waals surface area (Å²) in [5, 5.41) is 11.3. The Balaban J connectivity index is 1.63. The van der Waals surface area contributed by atoms with Crippen molar-refractivity contribution in [1.29, 1.82) is 5.26 Å². The average molecular weight is 431 g/mol. The van der Waals surface area contributed by atoms with Crippen LogP contribution < -0.4 is 11.5 Å². The molecule has 0 radical (unpaired) electrons. The number of nitrogens with two attached hydrogens (primary N) is 2. The van der Waals surface area contributed by atoms with E-state index in [1.54, 1.807) is 6.08 Å². The summed E-state index contributed by atoms with van der Waals surface area (Å²) in [7, 11) is 0. The predicted molar refractivity (Wildman–Crippen MR) is 138 cm³/mol. The van der Waals surface area contributed by atoms with E-state index < -0.39 is 0 Å². The lowest BCUT2D eigenvalue weighted by Gasteiger charge is -2.07. The molecule has 0 amide bonds. The number of allylic oxidation sites excluding steroid dienone is 6. The molecule has 162 valence electrons. The molecule has 0 aliphatic heterocycles. The second kappa shape index (κ2) is 9.76. The maximum atomic E-state index is 8.86. The number of aromatic nitrogens is 1. The molecule has 4 N–H and O–H groups in total. The first-order valence-corrected chi connectivity index (χ1v) is 10.9. The van der Waals surface area contributed by atoms with E-state index in [9.17, 15) is 0 Å². The highest BCUT2D eigenvalue weighted by Gasteiger charge is 2.11. The van der Waals surface area contributed by atoms with Crippen LogP contribution in [0.3, 0.4) is 0 Å². The maximum Gasteiger partial charge on any atom is 0.117 e. The third-order valence-electron chi connectivity index (χ3n) is 5.60. The Morgan fingerprint density at radius 1 is 0.939 bits per heavy atom. The molecular formula is C29H26N4. The largest absolute Gasteiger partial charge is 0.398 e. The van der Waals surface area contributed by atoms with Gasteiger partial charge < -0.3 is 16.0 Å². The first kappa shape index (κ1) is 21.7. The molecule has 0 unspecified atom stereocenters. The Bertz CT molecular complexity index is 1460. The van der Waals surface area contributed by atoms with Crippen molar-refractivity contribution in [3.63, 3.8) is 0 Å². The van der Waals surface area contributed by atoms with Crippen LogP contribution >= 0.6 is 0 Å². The minimum Gasteiger partial charge on any atom is -0.398 e. The van der Waals surface area contributed by atoms with Crippen LogP contribution in [-0.4, -0.2) is 4.57 Å². The molecule has 0 spiro atoms. The summed E-state index contributed by atoms with van der Waals surface area (Å²) in [6.45, 7) is 1.86. The van der Waals surface area contributed by atoms with Gasteiger partial charge in [-0.25, -0.2) is 0 Å². The average Bonchev–Trinajstić information content (AvgIpc) is 3.19. The molecule has 0 aliphatic rings. The van der Waals surface area contributed by atoms with Crippen molar-refractivity contribution in [2.45, 2.75) is 13.3 Å². The van der Waals surface area contributed by atoms with Crippen LogP contribution in [0.5, 0.6) is 0 Å². The summed E-state index contributed by atoms with van der Waals surface area (Å²) in [4.78, 5) is 0. The van der Waals surface area contributed by atoms with Gasteiger partial charge in [0.15, 0.2) is 0 Å². The van der Waals surface area contributed by atoms with E-state index in [2.05, 4.69) is 77.4 Å². The fourth-order valence-electron chi connectivity index (χ4n) is 4.01. The minimum absolute atomic E-state index is 0.131. The van der Waals surface area contributed by atoms with Crippen LogP contribution in [0.1, 0.15) is 12.5 Å². The van der Waals surface area contributed by atoms with Crippen LogP contribution in [0, 0.1) is 11.3 Å².